The average Bonchev–Trinajstić information content (AvgIpc) is 3.33. The summed E-state index contributed by atoms with van der Waals surface area (Å²) in [5.74, 6) is 1.67. The van der Waals surface area contributed by atoms with E-state index in [4.69, 9.17) is 13.7 Å². The van der Waals surface area contributed by atoms with E-state index < -0.39 is 0 Å². The smallest absolute Gasteiger partial charge is 0.273 e. The second-order valence-corrected chi connectivity index (χ2v) is 6.50. The van der Waals surface area contributed by atoms with Gasteiger partial charge in [-0.1, -0.05) is 11.2 Å². The molecular formula is C19H20N4O4. The zero-order valence-electron chi connectivity index (χ0n) is 15.0. The van der Waals surface area contributed by atoms with Gasteiger partial charge in [-0.15, -0.1) is 10.2 Å². The molecule has 8 heteroatoms. The van der Waals surface area contributed by atoms with Crippen molar-refractivity contribution in [2.24, 2.45) is 0 Å². The molecule has 0 unspecified atom stereocenters. The molecule has 3 aromatic rings. The van der Waals surface area contributed by atoms with Gasteiger partial charge in [0.25, 0.3) is 5.91 Å². The van der Waals surface area contributed by atoms with Gasteiger partial charge in [-0.05, 0) is 48.9 Å². The summed E-state index contributed by atoms with van der Waals surface area (Å²) < 4.78 is 16.2. The molecule has 2 heterocycles. The number of benzene rings is 1. The molecule has 1 N–H and O–H groups in total. The summed E-state index contributed by atoms with van der Waals surface area (Å²) in [6.45, 7) is 2.03. The molecule has 0 aliphatic heterocycles. The van der Waals surface area contributed by atoms with Gasteiger partial charge in [-0.2, -0.15) is 0 Å². The van der Waals surface area contributed by atoms with Crippen molar-refractivity contribution in [1.82, 2.24) is 20.7 Å². The predicted octanol–water partition coefficient (Wildman–Crippen LogP) is 2.75. The highest BCUT2D eigenvalue weighted by molar-refractivity contribution is 5.92. The summed E-state index contributed by atoms with van der Waals surface area (Å²) in [5, 5.41) is 14.0. The number of carbonyl (C=O) groups excluding carboxylic acids is 1. The van der Waals surface area contributed by atoms with E-state index in [1.807, 2.05) is 6.07 Å². The van der Waals surface area contributed by atoms with E-state index >= 15 is 0 Å². The highest BCUT2D eigenvalue weighted by atomic mass is 16.5. The third-order valence-corrected chi connectivity index (χ3v) is 4.46. The molecule has 27 heavy (non-hydrogen) atoms. The largest absolute Gasteiger partial charge is 0.486 e. The van der Waals surface area contributed by atoms with E-state index in [9.17, 15) is 4.79 Å². The first-order valence-electron chi connectivity index (χ1n) is 8.95. The first kappa shape index (κ1) is 17.3. The Kier molecular flexibility index (Phi) is 4.86. The molecule has 1 aliphatic carbocycles. The molecule has 140 valence electrons. The predicted molar refractivity (Wildman–Crippen MR) is 94.1 cm³/mol. The number of nitrogens with one attached hydrogen (secondary N) is 1. The van der Waals surface area contributed by atoms with Gasteiger partial charge in [0.05, 0.1) is 6.54 Å². The van der Waals surface area contributed by atoms with Crippen LogP contribution >= 0.6 is 0 Å². The van der Waals surface area contributed by atoms with Gasteiger partial charge in [-0.25, -0.2) is 0 Å². The van der Waals surface area contributed by atoms with Crippen LogP contribution in [-0.2, 0) is 26.0 Å². The number of aromatic nitrogens is 3. The van der Waals surface area contributed by atoms with Crippen LogP contribution in [0.25, 0.3) is 0 Å². The number of nitrogens with zero attached hydrogens (tertiary/aromatic N) is 3. The minimum Gasteiger partial charge on any atom is -0.486 e. The minimum atomic E-state index is -0.380. The topological polar surface area (TPSA) is 103 Å². The van der Waals surface area contributed by atoms with Crippen LogP contribution in [-0.4, -0.2) is 21.3 Å². The van der Waals surface area contributed by atoms with Crippen LogP contribution in [0.1, 0.15) is 52.0 Å². The van der Waals surface area contributed by atoms with Crippen molar-refractivity contribution in [3.63, 3.8) is 0 Å². The summed E-state index contributed by atoms with van der Waals surface area (Å²) in [7, 11) is 0. The maximum atomic E-state index is 12.1. The molecule has 0 atom stereocenters. The summed E-state index contributed by atoms with van der Waals surface area (Å²) in [6, 6.07) is 7.75. The highest BCUT2D eigenvalue weighted by Crippen LogP contribution is 2.25. The van der Waals surface area contributed by atoms with Crippen molar-refractivity contribution < 1.29 is 18.5 Å². The number of ether oxygens (including phenoxy) is 1. The number of hydrogen-bond acceptors (Lipinski definition) is 7. The molecule has 0 fully saturated rings. The maximum absolute atomic E-state index is 12.1. The van der Waals surface area contributed by atoms with Crippen molar-refractivity contribution in [3.8, 4) is 5.75 Å². The third kappa shape index (κ3) is 4.16. The SMILES string of the molecule is Cc1nnc(CNC(=O)c2cc(COc3ccc4c(c3)CCCC4)on2)o1. The van der Waals surface area contributed by atoms with Gasteiger partial charge < -0.3 is 19.0 Å². The third-order valence-electron chi connectivity index (χ3n) is 4.46. The van der Waals surface area contributed by atoms with Crippen LogP contribution in [0.15, 0.2) is 33.2 Å². The molecule has 4 rings (SSSR count). The maximum Gasteiger partial charge on any atom is 0.273 e. The molecule has 0 bridgehead atoms. The minimum absolute atomic E-state index is 0.132. The van der Waals surface area contributed by atoms with Crippen molar-refractivity contribution in [3.05, 3.63) is 58.6 Å². The molecule has 1 amide bonds. The summed E-state index contributed by atoms with van der Waals surface area (Å²) in [4.78, 5) is 12.1. The average molecular weight is 368 g/mol. The quantitative estimate of drug-likeness (QED) is 0.713. The summed E-state index contributed by atoms with van der Waals surface area (Å²) in [5.41, 5.74) is 2.94. The number of fused-ring (bicyclic) bond motifs is 1. The highest BCUT2D eigenvalue weighted by Gasteiger charge is 2.15. The van der Waals surface area contributed by atoms with Crippen molar-refractivity contribution in [2.45, 2.75) is 45.8 Å². The van der Waals surface area contributed by atoms with E-state index in [1.54, 1.807) is 13.0 Å². The zero-order valence-corrected chi connectivity index (χ0v) is 15.0. The van der Waals surface area contributed by atoms with Crippen LogP contribution in [0.3, 0.4) is 0 Å². The first-order valence-corrected chi connectivity index (χ1v) is 8.95. The van der Waals surface area contributed by atoms with Crippen molar-refractivity contribution in [1.29, 1.82) is 0 Å². The number of aryl methyl sites for hydroxylation is 3. The van der Waals surface area contributed by atoms with Crippen LogP contribution < -0.4 is 10.1 Å². The molecule has 1 aliphatic rings. The van der Waals surface area contributed by atoms with Gasteiger partial charge in [0.15, 0.2) is 11.5 Å². The Morgan fingerprint density at radius 3 is 2.85 bits per heavy atom. The normalized spacial score (nSPS) is 13.2. The van der Waals surface area contributed by atoms with E-state index in [-0.39, 0.29) is 24.8 Å². The lowest BCUT2D eigenvalue weighted by Crippen LogP contribution is -2.23. The molecular weight excluding hydrogens is 348 g/mol. The molecule has 0 saturated heterocycles. The van der Waals surface area contributed by atoms with E-state index in [2.05, 4.69) is 32.8 Å². The lowest BCUT2D eigenvalue weighted by molar-refractivity contribution is 0.0937. The number of rotatable bonds is 6. The van der Waals surface area contributed by atoms with Crippen LogP contribution in [0.5, 0.6) is 5.75 Å². The standard InChI is InChI=1S/C19H20N4O4/c1-12-21-22-18(26-12)10-20-19(24)17-9-16(27-23-17)11-25-15-7-6-13-4-2-3-5-14(13)8-15/h6-9H,2-5,10-11H2,1H3,(H,20,24). The van der Waals surface area contributed by atoms with Gasteiger partial charge in [0.1, 0.15) is 12.4 Å². The number of amides is 1. The number of carbonyl (C=O) groups is 1. The Hall–Kier alpha value is -3.16. The van der Waals surface area contributed by atoms with Crippen LogP contribution in [0.4, 0.5) is 0 Å². The fourth-order valence-electron chi connectivity index (χ4n) is 3.10. The van der Waals surface area contributed by atoms with Crippen molar-refractivity contribution in [2.75, 3.05) is 0 Å². The molecule has 0 radical (unpaired) electrons. The van der Waals surface area contributed by atoms with Gasteiger partial charge in [-0.3, -0.25) is 4.79 Å². The van der Waals surface area contributed by atoms with Gasteiger partial charge in [0, 0.05) is 13.0 Å². The number of hydrogen-bond donors (Lipinski definition) is 1. The Labute approximate surface area is 155 Å². The van der Waals surface area contributed by atoms with Crippen molar-refractivity contribution >= 4 is 5.91 Å². The van der Waals surface area contributed by atoms with E-state index in [1.165, 1.54) is 24.0 Å². The zero-order chi connectivity index (χ0) is 18.6. The Balaban J connectivity index is 1.32. The van der Waals surface area contributed by atoms with Gasteiger partial charge >= 0.3 is 0 Å². The first-order chi connectivity index (χ1) is 13.2. The molecule has 8 nitrogen and oxygen atoms in total. The lowest BCUT2D eigenvalue weighted by Gasteiger charge is -2.16. The second-order valence-electron chi connectivity index (χ2n) is 6.50. The van der Waals surface area contributed by atoms with Gasteiger partial charge in [0.2, 0.25) is 11.8 Å². The van der Waals surface area contributed by atoms with Crippen LogP contribution in [0, 0.1) is 6.92 Å². The lowest BCUT2D eigenvalue weighted by atomic mass is 9.92. The molecule has 2 aromatic heterocycles. The molecule has 0 spiro atoms. The Morgan fingerprint density at radius 1 is 1.19 bits per heavy atom. The van der Waals surface area contributed by atoms with E-state index in [0.717, 1.165) is 18.6 Å². The monoisotopic (exact) mass is 368 g/mol. The summed E-state index contributed by atoms with van der Waals surface area (Å²) in [6.07, 6.45) is 4.71. The summed E-state index contributed by atoms with van der Waals surface area (Å²) >= 11 is 0. The fourth-order valence-corrected chi connectivity index (χ4v) is 3.10. The molecule has 1 aromatic carbocycles. The van der Waals surface area contributed by atoms with Crippen LogP contribution in [0.2, 0.25) is 0 Å². The fraction of sp³-hybridized carbons (Fsp3) is 0.368. The van der Waals surface area contributed by atoms with E-state index in [0.29, 0.717) is 17.5 Å². The Morgan fingerprint density at radius 2 is 2.04 bits per heavy atom. The Bertz CT molecular complexity index is 947. The second kappa shape index (κ2) is 7.61. The molecule has 0 saturated carbocycles.